The van der Waals surface area contributed by atoms with E-state index in [1.54, 1.807) is 37.5 Å². The zero-order valence-electron chi connectivity index (χ0n) is 18.5. The number of aryl methyl sites for hydroxylation is 2. The van der Waals surface area contributed by atoms with Crippen LogP contribution in [0.25, 0.3) is 11.3 Å². The maximum Gasteiger partial charge on any atom is 0.187 e. The molecule has 1 aromatic heterocycles. The van der Waals surface area contributed by atoms with E-state index >= 15 is 0 Å². The standard InChI is InChI=1S/C26H26ClFN2OS/c1-5-12-30(24(13-18-7-8-18)19-9-6-16(2)23(28)14-19)26-29-25(17(3)32-26)21-11-10-20(31-4)15-22(21)27/h1,6,9-11,14-15,18,24H,7-8,12-13H2,2-4H3/t24-/m0/s1. The molecule has 6 heteroatoms. The molecule has 0 bridgehead atoms. The number of ether oxygens (including phenoxy) is 1. The van der Waals surface area contributed by atoms with Gasteiger partial charge in [0.25, 0.3) is 0 Å². The summed E-state index contributed by atoms with van der Waals surface area (Å²) in [6, 6.07) is 11.1. The summed E-state index contributed by atoms with van der Waals surface area (Å²) in [6.07, 6.45) is 9.12. The second-order valence-corrected chi connectivity index (χ2v) is 9.87. The number of anilines is 1. The van der Waals surface area contributed by atoms with Gasteiger partial charge in [-0.25, -0.2) is 9.37 Å². The Kier molecular flexibility index (Phi) is 6.74. The predicted octanol–water partition coefficient (Wildman–Crippen LogP) is 7.21. The lowest BCUT2D eigenvalue weighted by molar-refractivity contribution is 0.415. The van der Waals surface area contributed by atoms with E-state index in [0.717, 1.165) is 33.3 Å². The van der Waals surface area contributed by atoms with Crippen molar-refractivity contribution in [2.75, 3.05) is 18.6 Å². The Morgan fingerprint density at radius 3 is 2.69 bits per heavy atom. The molecule has 1 fully saturated rings. The van der Waals surface area contributed by atoms with Crippen LogP contribution in [-0.4, -0.2) is 18.6 Å². The first-order valence-corrected chi connectivity index (χ1v) is 11.9. The van der Waals surface area contributed by atoms with Gasteiger partial charge < -0.3 is 9.64 Å². The van der Waals surface area contributed by atoms with Crippen LogP contribution in [0.5, 0.6) is 5.75 Å². The lowest BCUT2D eigenvalue weighted by Crippen LogP contribution is -2.29. The minimum absolute atomic E-state index is 0.0293. The first-order chi connectivity index (χ1) is 15.4. The van der Waals surface area contributed by atoms with Crippen molar-refractivity contribution in [3.63, 3.8) is 0 Å². The van der Waals surface area contributed by atoms with Gasteiger partial charge in [0.2, 0.25) is 0 Å². The molecule has 1 saturated carbocycles. The number of aromatic nitrogens is 1. The highest BCUT2D eigenvalue weighted by Crippen LogP contribution is 2.44. The summed E-state index contributed by atoms with van der Waals surface area (Å²) >= 11 is 8.12. The molecule has 0 saturated heterocycles. The fraction of sp³-hybridized carbons (Fsp3) is 0.346. The van der Waals surface area contributed by atoms with Gasteiger partial charge in [-0.3, -0.25) is 0 Å². The number of rotatable bonds is 8. The molecule has 0 unspecified atom stereocenters. The summed E-state index contributed by atoms with van der Waals surface area (Å²) in [5.74, 6) is 3.94. The van der Waals surface area contributed by atoms with E-state index in [0.29, 0.717) is 28.8 Å². The summed E-state index contributed by atoms with van der Waals surface area (Å²) in [5.41, 5.74) is 3.27. The third-order valence-corrected chi connectivity index (χ3v) is 7.26. The number of halogens is 2. The first-order valence-electron chi connectivity index (χ1n) is 10.7. The molecule has 1 aliphatic carbocycles. The summed E-state index contributed by atoms with van der Waals surface area (Å²) in [4.78, 5) is 8.15. The highest BCUT2D eigenvalue weighted by atomic mass is 35.5. The molecular formula is C26H26ClFN2OS. The van der Waals surface area contributed by atoms with Gasteiger partial charge in [0.05, 0.1) is 30.4 Å². The maximum absolute atomic E-state index is 14.4. The SMILES string of the molecule is C#CCN(c1nc(-c2ccc(OC)cc2Cl)c(C)s1)[C@@H](CC1CC1)c1ccc(C)c(F)c1. The fourth-order valence-electron chi connectivity index (χ4n) is 3.91. The molecule has 3 nitrogen and oxygen atoms in total. The molecule has 4 rings (SSSR count). The van der Waals surface area contributed by atoms with Crippen molar-refractivity contribution in [2.24, 2.45) is 5.92 Å². The Morgan fingerprint density at radius 2 is 2.06 bits per heavy atom. The van der Waals surface area contributed by atoms with E-state index in [9.17, 15) is 4.39 Å². The van der Waals surface area contributed by atoms with E-state index in [1.165, 1.54) is 12.8 Å². The van der Waals surface area contributed by atoms with Gasteiger partial charge in [-0.05, 0) is 61.6 Å². The average Bonchev–Trinajstić information content (AvgIpc) is 3.52. The highest BCUT2D eigenvalue weighted by Gasteiger charge is 2.32. The Hall–Kier alpha value is -2.55. The first kappa shape index (κ1) is 22.6. The molecule has 3 aromatic rings. The molecule has 0 radical (unpaired) electrons. The van der Waals surface area contributed by atoms with Crippen molar-refractivity contribution in [1.29, 1.82) is 0 Å². The lowest BCUT2D eigenvalue weighted by atomic mass is 9.98. The minimum Gasteiger partial charge on any atom is -0.497 e. The van der Waals surface area contributed by atoms with Gasteiger partial charge in [0, 0.05) is 10.4 Å². The zero-order valence-corrected chi connectivity index (χ0v) is 20.1. The van der Waals surface area contributed by atoms with Gasteiger partial charge >= 0.3 is 0 Å². The van der Waals surface area contributed by atoms with Crippen molar-refractivity contribution in [1.82, 2.24) is 4.98 Å². The predicted molar refractivity (Wildman–Crippen MR) is 131 cm³/mol. The van der Waals surface area contributed by atoms with Crippen molar-refractivity contribution >= 4 is 28.1 Å². The number of methoxy groups -OCH3 is 1. The molecule has 1 atom stereocenters. The molecule has 1 heterocycles. The van der Waals surface area contributed by atoms with E-state index < -0.39 is 0 Å². The summed E-state index contributed by atoms with van der Waals surface area (Å²) in [6.45, 7) is 4.21. The van der Waals surface area contributed by atoms with Crippen molar-refractivity contribution < 1.29 is 9.13 Å². The van der Waals surface area contributed by atoms with Crippen LogP contribution < -0.4 is 9.64 Å². The number of nitrogens with zero attached hydrogens (tertiary/aromatic N) is 2. The molecule has 32 heavy (non-hydrogen) atoms. The Morgan fingerprint density at radius 1 is 1.28 bits per heavy atom. The molecule has 0 aliphatic heterocycles. The van der Waals surface area contributed by atoms with Crippen LogP contribution in [0.2, 0.25) is 5.02 Å². The van der Waals surface area contributed by atoms with Gasteiger partial charge in [-0.2, -0.15) is 0 Å². The van der Waals surface area contributed by atoms with Gasteiger partial charge in [-0.15, -0.1) is 17.8 Å². The van der Waals surface area contributed by atoms with Crippen LogP contribution >= 0.6 is 22.9 Å². The van der Waals surface area contributed by atoms with Gasteiger partial charge in [0.15, 0.2) is 5.13 Å². The molecule has 0 amide bonds. The topological polar surface area (TPSA) is 25.4 Å². The second-order valence-electron chi connectivity index (χ2n) is 8.28. The van der Waals surface area contributed by atoms with Crippen molar-refractivity contribution in [3.8, 4) is 29.4 Å². The Bertz CT molecular complexity index is 1170. The number of hydrogen-bond acceptors (Lipinski definition) is 4. The largest absolute Gasteiger partial charge is 0.497 e. The van der Waals surface area contributed by atoms with Crippen LogP contribution in [0.1, 0.15) is 41.3 Å². The van der Waals surface area contributed by atoms with Crippen LogP contribution in [-0.2, 0) is 0 Å². The number of benzene rings is 2. The zero-order chi connectivity index (χ0) is 22.8. The minimum atomic E-state index is -0.190. The van der Waals surface area contributed by atoms with E-state index in [1.807, 2.05) is 31.2 Å². The maximum atomic E-state index is 14.4. The molecular weight excluding hydrogens is 443 g/mol. The fourth-order valence-corrected chi connectivity index (χ4v) is 5.14. The van der Waals surface area contributed by atoms with E-state index in [4.69, 9.17) is 27.7 Å². The lowest BCUT2D eigenvalue weighted by Gasteiger charge is -2.31. The van der Waals surface area contributed by atoms with Crippen LogP contribution in [0.4, 0.5) is 9.52 Å². The average molecular weight is 469 g/mol. The highest BCUT2D eigenvalue weighted by molar-refractivity contribution is 7.16. The van der Waals surface area contributed by atoms with E-state index in [2.05, 4.69) is 10.8 Å². The van der Waals surface area contributed by atoms with E-state index in [-0.39, 0.29) is 11.9 Å². The van der Waals surface area contributed by atoms with Gasteiger partial charge in [0.1, 0.15) is 11.6 Å². The van der Waals surface area contributed by atoms with Crippen molar-refractivity contribution in [3.05, 3.63) is 63.2 Å². The molecule has 0 spiro atoms. The monoisotopic (exact) mass is 468 g/mol. The summed E-state index contributed by atoms with van der Waals surface area (Å²) in [7, 11) is 1.61. The van der Waals surface area contributed by atoms with Crippen LogP contribution in [0.3, 0.4) is 0 Å². The molecule has 2 aromatic carbocycles. The van der Waals surface area contributed by atoms with Gasteiger partial charge in [-0.1, -0.05) is 42.5 Å². The molecule has 0 N–H and O–H groups in total. The van der Waals surface area contributed by atoms with Crippen LogP contribution in [0, 0.1) is 37.9 Å². The Balaban J connectivity index is 1.74. The normalized spacial score (nSPS) is 14.1. The second kappa shape index (κ2) is 9.52. The quantitative estimate of drug-likeness (QED) is 0.326. The third kappa shape index (κ3) is 4.77. The van der Waals surface area contributed by atoms with Crippen molar-refractivity contribution in [2.45, 2.75) is 39.2 Å². The Labute approximate surface area is 198 Å². The summed E-state index contributed by atoms with van der Waals surface area (Å²) in [5, 5.41) is 1.41. The molecule has 166 valence electrons. The smallest absolute Gasteiger partial charge is 0.187 e. The number of terminal acetylenes is 1. The third-order valence-electron chi connectivity index (χ3n) is 5.93. The summed E-state index contributed by atoms with van der Waals surface area (Å²) < 4.78 is 19.7. The molecule has 1 aliphatic rings. The van der Waals surface area contributed by atoms with Crippen LogP contribution in [0.15, 0.2) is 36.4 Å². The number of hydrogen-bond donors (Lipinski definition) is 0. The number of thiazole rings is 1.